The maximum atomic E-state index is 9.47. The summed E-state index contributed by atoms with van der Waals surface area (Å²) in [6, 6.07) is 4.61. The van der Waals surface area contributed by atoms with Crippen molar-refractivity contribution in [2.45, 2.75) is 45.1 Å². The Balaban J connectivity index is 2.10. The van der Waals surface area contributed by atoms with Crippen LogP contribution in [0.1, 0.15) is 36.5 Å². The Morgan fingerprint density at radius 2 is 2.11 bits per heavy atom. The van der Waals surface area contributed by atoms with Gasteiger partial charge in [-0.15, -0.1) is 0 Å². The van der Waals surface area contributed by atoms with E-state index >= 15 is 0 Å². The number of fused-ring (bicyclic) bond motifs is 1. The standard InChI is InChI=1S/C16H23NO2/c1-3-15(18)6-4-5-11-7-12-8-14(17)9-13(12)10-16(11)19-2/h3,7,10,14,18H,4-6,8-9,17H2,1-2H3/b15-3+. The number of aliphatic hydroxyl groups is 1. The summed E-state index contributed by atoms with van der Waals surface area (Å²) in [7, 11) is 1.71. The van der Waals surface area contributed by atoms with Crippen LogP contribution >= 0.6 is 0 Å². The SMILES string of the molecule is C/C=C(/O)CCCc1cc2c(cc1OC)CC(N)C2. The van der Waals surface area contributed by atoms with E-state index in [0.29, 0.717) is 5.76 Å². The van der Waals surface area contributed by atoms with Crippen molar-refractivity contribution in [1.29, 1.82) is 0 Å². The molecule has 3 nitrogen and oxygen atoms in total. The van der Waals surface area contributed by atoms with Gasteiger partial charge in [-0.2, -0.15) is 0 Å². The minimum absolute atomic E-state index is 0.252. The minimum atomic E-state index is 0.252. The molecule has 0 aliphatic heterocycles. The fourth-order valence-corrected chi connectivity index (χ4v) is 2.72. The first kappa shape index (κ1) is 13.9. The number of aliphatic hydroxyl groups excluding tert-OH is 1. The molecule has 1 aromatic carbocycles. The van der Waals surface area contributed by atoms with Gasteiger partial charge >= 0.3 is 0 Å². The monoisotopic (exact) mass is 261 g/mol. The summed E-state index contributed by atoms with van der Waals surface area (Å²) >= 11 is 0. The highest BCUT2D eigenvalue weighted by Gasteiger charge is 2.20. The van der Waals surface area contributed by atoms with Crippen LogP contribution in [0, 0.1) is 0 Å². The smallest absolute Gasteiger partial charge is 0.122 e. The highest BCUT2D eigenvalue weighted by molar-refractivity contribution is 5.45. The molecule has 0 amide bonds. The average Bonchev–Trinajstić information content (AvgIpc) is 2.76. The number of hydrogen-bond donors (Lipinski definition) is 2. The Bertz CT molecular complexity index is 480. The van der Waals surface area contributed by atoms with Crippen LogP contribution in [0.25, 0.3) is 0 Å². The van der Waals surface area contributed by atoms with E-state index in [-0.39, 0.29) is 6.04 Å². The van der Waals surface area contributed by atoms with E-state index in [2.05, 4.69) is 12.1 Å². The second-order valence-electron chi connectivity index (χ2n) is 5.23. The van der Waals surface area contributed by atoms with E-state index in [1.165, 1.54) is 16.7 Å². The Labute approximate surface area is 115 Å². The lowest BCUT2D eigenvalue weighted by Crippen LogP contribution is -2.18. The lowest BCUT2D eigenvalue weighted by molar-refractivity contribution is 0.380. The number of benzene rings is 1. The lowest BCUT2D eigenvalue weighted by Gasteiger charge is -2.11. The molecular weight excluding hydrogens is 238 g/mol. The second-order valence-corrected chi connectivity index (χ2v) is 5.23. The molecule has 0 heterocycles. The van der Waals surface area contributed by atoms with E-state index in [1.807, 2.05) is 6.92 Å². The molecule has 0 radical (unpaired) electrons. The third kappa shape index (κ3) is 3.29. The minimum Gasteiger partial charge on any atom is -0.513 e. The van der Waals surface area contributed by atoms with Crippen LogP contribution < -0.4 is 10.5 Å². The van der Waals surface area contributed by atoms with Crippen LogP contribution in [0.2, 0.25) is 0 Å². The van der Waals surface area contributed by atoms with Gasteiger partial charge in [-0.05, 0) is 61.4 Å². The van der Waals surface area contributed by atoms with E-state index < -0.39 is 0 Å². The van der Waals surface area contributed by atoms with Crippen molar-refractivity contribution in [2.75, 3.05) is 7.11 Å². The zero-order chi connectivity index (χ0) is 13.8. The molecule has 0 aromatic heterocycles. The zero-order valence-electron chi connectivity index (χ0n) is 11.8. The quantitative estimate of drug-likeness (QED) is 0.801. The third-order valence-corrected chi connectivity index (χ3v) is 3.78. The molecule has 104 valence electrons. The summed E-state index contributed by atoms with van der Waals surface area (Å²) in [4.78, 5) is 0. The first-order chi connectivity index (χ1) is 9.13. The summed E-state index contributed by atoms with van der Waals surface area (Å²) in [5.74, 6) is 1.41. The van der Waals surface area contributed by atoms with E-state index in [4.69, 9.17) is 10.5 Å². The maximum absolute atomic E-state index is 9.47. The number of rotatable bonds is 5. The Kier molecular flexibility index (Phi) is 4.48. The Morgan fingerprint density at radius 1 is 1.42 bits per heavy atom. The molecule has 0 fully saturated rings. The molecule has 1 aliphatic carbocycles. The van der Waals surface area contributed by atoms with Crippen LogP contribution in [0.3, 0.4) is 0 Å². The number of nitrogens with two attached hydrogens (primary N) is 1. The van der Waals surface area contributed by atoms with Gasteiger partial charge in [0, 0.05) is 12.5 Å². The van der Waals surface area contributed by atoms with Crippen molar-refractivity contribution in [3.8, 4) is 5.75 Å². The molecule has 2 rings (SSSR count). The van der Waals surface area contributed by atoms with Crippen molar-refractivity contribution >= 4 is 0 Å². The lowest BCUT2D eigenvalue weighted by atomic mass is 10.0. The highest BCUT2D eigenvalue weighted by atomic mass is 16.5. The van der Waals surface area contributed by atoms with Crippen molar-refractivity contribution in [2.24, 2.45) is 5.73 Å². The van der Waals surface area contributed by atoms with Gasteiger partial charge in [-0.25, -0.2) is 0 Å². The average molecular weight is 261 g/mol. The largest absolute Gasteiger partial charge is 0.513 e. The first-order valence-corrected chi connectivity index (χ1v) is 6.92. The molecule has 1 aromatic rings. The maximum Gasteiger partial charge on any atom is 0.122 e. The Hall–Kier alpha value is -1.48. The zero-order valence-corrected chi connectivity index (χ0v) is 11.8. The molecule has 0 bridgehead atoms. The molecular formula is C16H23NO2. The third-order valence-electron chi connectivity index (χ3n) is 3.78. The summed E-state index contributed by atoms with van der Waals surface area (Å²) < 4.78 is 5.47. The van der Waals surface area contributed by atoms with E-state index in [9.17, 15) is 5.11 Å². The van der Waals surface area contributed by atoms with Crippen molar-refractivity contribution in [3.63, 3.8) is 0 Å². The van der Waals surface area contributed by atoms with Crippen molar-refractivity contribution < 1.29 is 9.84 Å². The first-order valence-electron chi connectivity index (χ1n) is 6.92. The molecule has 0 saturated heterocycles. The molecule has 1 aliphatic rings. The van der Waals surface area contributed by atoms with Gasteiger partial charge in [-0.3, -0.25) is 0 Å². The number of ether oxygens (including phenoxy) is 1. The van der Waals surface area contributed by atoms with Gasteiger partial charge in [0.1, 0.15) is 5.75 Å². The van der Waals surface area contributed by atoms with Gasteiger partial charge in [0.2, 0.25) is 0 Å². The van der Waals surface area contributed by atoms with Crippen LogP contribution in [-0.4, -0.2) is 18.3 Å². The van der Waals surface area contributed by atoms with Gasteiger partial charge in [0.15, 0.2) is 0 Å². The highest BCUT2D eigenvalue weighted by Crippen LogP contribution is 2.30. The summed E-state index contributed by atoms with van der Waals surface area (Å²) in [6.07, 6.45) is 6.23. The molecule has 0 saturated carbocycles. The topological polar surface area (TPSA) is 55.5 Å². The fraction of sp³-hybridized carbons (Fsp3) is 0.500. The predicted molar refractivity (Wildman–Crippen MR) is 77.7 cm³/mol. The van der Waals surface area contributed by atoms with Crippen LogP contribution in [-0.2, 0) is 19.3 Å². The van der Waals surface area contributed by atoms with Crippen LogP contribution in [0.15, 0.2) is 24.0 Å². The second kappa shape index (κ2) is 6.11. The van der Waals surface area contributed by atoms with Crippen molar-refractivity contribution in [1.82, 2.24) is 0 Å². The summed E-state index contributed by atoms with van der Waals surface area (Å²) in [5.41, 5.74) is 9.91. The number of hydrogen-bond acceptors (Lipinski definition) is 3. The summed E-state index contributed by atoms with van der Waals surface area (Å²) in [5, 5.41) is 9.47. The Morgan fingerprint density at radius 3 is 2.74 bits per heavy atom. The van der Waals surface area contributed by atoms with E-state index in [0.717, 1.165) is 37.9 Å². The van der Waals surface area contributed by atoms with Crippen molar-refractivity contribution in [3.05, 3.63) is 40.7 Å². The fourth-order valence-electron chi connectivity index (χ4n) is 2.72. The van der Waals surface area contributed by atoms with Gasteiger partial charge < -0.3 is 15.6 Å². The molecule has 0 spiro atoms. The van der Waals surface area contributed by atoms with Gasteiger partial charge in [0.05, 0.1) is 12.9 Å². The predicted octanol–water partition coefficient (Wildman–Crippen LogP) is 2.91. The molecule has 1 atom stereocenters. The summed E-state index contributed by atoms with van der Waals surface area (Å²) in [6.45, 7) is 1.85. The molecule has 1 unspecified atom stereocenters. The number of methoxy groups -OCH3 is 1. The number of allylic oxidation sites excluding steroid dienone is 2. The number of aryl methyl sites for hydroxylation is 1. The van der Waals surface area contributed by atoms with Crippen LogP contribution in [0.4, 0.5) is 0 Å². The van der Waals surface area contributed by atoms with E-state index in [1.54, 1.807) is 13.2 Å². The van der Waals surface area contributed by atoms with Gasteiger partial charge in [0.25, 0.3) is 0 Å². The normalized spacial score (nSPS) is 18.5. The van der Waals surface area contributed by atoms with Crippen LogP contribution in [0.5, 0.6) is 5.75 Å². The molecule has 3 N–H and O–H groups in total. The van der Waals surface area contributed by atoms with Gasteiger partial charge in [-0.1, -0.05) is 6.07 Å². The molecule has 3 heteroatoms. The molecule has 19 heavy (non-hydrogen) atoms.